The largest absolute Gasteiger partial charge is 0.301 e. The van der Waals surface area contributed by atoms with Crippen LogP contribution >= 0.6 is 12.2 Å². The van der Waals surface area contributed by atoms with Crippen LogP contribution in [0.25, 0.3) is 10.8 Å². The molecule has 0 aliphatic carbocycles. The van der Waals surface area contributed by atoms with Crippen molar-refractivity contribution < 1.29 is 13.2 Å². The minimum Gasteiger partial charge on any atom is -0.301 e. The number of hydrogen-bond acceptors (Lipinski definition) is 4. The lowest BCUT2D eigenvalue weighted by Gasteiger charge is -2.17. The van der Waals surface area contributed by atoms with E-state index in [4.69, 9.17) is 12.2 Å². The van der Waals surface area contributed by atoms with Crippen LogP contribution in [-0.4, -0.2) is 30.3 Å². The number of carbonyl (C=O) groups excluding carboxylic acids is 1. The van der Waals surface area contributed by atoms with Crippen molar-refractivity contribution >= 4 is 44.0 Å². The molecule has 0 atom stereocenters. The molecular formula is C13H10N2O3S2. The lowest BCUT2D eigenvalue weighted by molar-refractivity contribution is -0.118. The SMILES string of the molecule is O=C1CN(S(=O)(=O)c2cccc3ccccc23)C(=S)N1. The first-order valence-corrected chi connectivity index (χ1v) is 7.69. The molecule has 5 nitrogen and oxygen atoms in total. The summed E-state index contributed by atoms with van der Waals surface area (Å²) in [4.78, 5) is 11.4. The van der Waals surface area contributed by atoms with E-state index in [9.17, 15) is 13.2 Å². The van der Waals surface area contributed by atoms with Crippen molar-refractivity contribution in [2.24, 2.45) is 0 Å². The van der Waals surface area contributed by atoms with Gasteiger partial charge in [-0.1, -0.05) is 36.4 Å². The molecule has 102 valence electrons. The maximum absolute atomic E-state index is 12.7. The average molecular weight is 306 g/mol. The smallest absolute Gasteiger partial charge is 0.267 e. The van der Waals surface area contributed by atoms with Gasteiger partial charge in [-0.05, 0) is 23.7 Å². The van der Waals surface area contributed by atoms with Gasteiger partial charge in [0.2, 0.25) is 5.91 Å². The van der Waals surface area contributed by atoms with E-state index in [1.165, 1.54) is 6.07 Å². The van der Waals surface area contributed by atoms with Crippen LogP contribution in [0.1, 0.15) is 0 Å². The van der Waals surface area contributed by atoms with Crippen LogP contribution in [0.4, 0.5) is 0 Å². The summed E-state index contributed by atoms with van der Waals surface area (Å²) in [6.45, 7) is -0.273. The van der Waals surface area contributed by atoms with Crippen molar-refractivity contribution in [3.63, 3.8) is 0 Å². The van der Waals surface area contributed by atoms with Gasteiger partial charge in [0.05, 0.1) is 4.90 Å². The number of nitrogens with one attached hydrogen (secondary N) is 1. The van der Waals surface area contributed by atoms with Crippen LogP contribution in [0.3, 0.4) is 0 Å². The van der Waals surface area contributed by atoms with Crippen molar-refractivity contribution in [1.29, 1.82) is 0 Å². The Bertz CT molecular complexity index is 825. The highest BCUT2D eigenvalue weighted by Crippen LogP contribution is 2.26. The summed E-state index contributed by atoms with van der Waals surface area (Å²) in [5.41, 5.74) is 0. The van der Waals surface area contributed by atoms with Gasteiger partial charge in [-0.3, -0.25) is 4.79 Å². The van der Waals surface area contributed by atoms with Crippen molar-refractivity contribution in [3.8, 4) is 0 Å². The van der Waals surface area contributed by atoms with Gasteiger partial charge in [0.15, 0.2) is 5.11 Å². The molecular weight excluding hydrogens is 296 g/mol. The predicted molar refractivity (Wildman–Crippen MR) is 78.6 cm³/mol. The molecule has 0 unspecified atom stereocenters. The van der Waals surface area contributed by atoms with Gasteiger partial charge in [-0.25, -0.2) is 12.7 Å². The summed E-state index contributed by atoms with van der Waals surface area (Å²) >= 11 is 4.90. The van der Waals surface area contributed by atoms with Crippen molar-refractivity contribution in [1.82, 2.24) is 9.62 Å². The molecule has 2 aromatic carbocycles. The number of amides is 1. The Kier molecular flexibility index (Phi) is 2.95. The van der Waals surface area contributed by atoms with E-state index in [0.29, 0.717) is 5.39 Å². The van der Waals surface area contributed by atoms with E-state index >= 15 is 0 Å². The van der Waals surface area contributed by atoms with E-state index < -0.39 is 15.9 Å². The summed E-state index contributed by atoms with van der Waals surface area (Å²) in [6, 6.07) is 12.2. The van der Waals surface area contributed by atoms with Crippen molar-refractivity contribution in [3.05, 3.63) is 42.5 Å². The van der Waals surface area contributed by atoms with Gasteiger partial charge in [0.1, 0.15) is 6.54 Å². The quantitative estimate of drug-likeness (QED) is 0.848. The number of sulfonamides is 1. The normalized spacial score (nSPS) is 15.7. The van der Waals surface area contributed by atoms with Crippen LogP contribution in [0.2, 0.25) is 0 Å². The number of rotatable bonds is 2. The Morgan fingerprint density at radius 2 is 1.80 bits per heavy atom. The number of fused-ring (bicyclic) bond motifs is 1. The third-order valence-electron chi connectivity index (χ3n) is 3.08. The van der Waals surface area contributed by atoms with Gasteiger partial charge in [-0.15, -0.1) is 0 Å². The number of thiocarbonyl (C=S) groups is 1. The Morgan fingerprint density at radius 3 is 2.50 bits per heavy atom. The topological polar surface area (TPSA) is 66.5 Å². The Morgan fingerprint density at radius 1 is 1.10 bits per heavy atom. The summed E-state index contributed by atoms with van der Waals surface area (Å²) in [5, 5.41) is 3.68. The highest BCUT2D eigenvalue weighted by Gasteiger charge is 2.35. The number of nitrogens with zero attached hydrogens (tertiary/aromatic N) is 1. The molecule has 1 heterocycles. The molecule has 7 heteroatoms. The highest BCUT2D eigenvalue weighted by molar-refractivity contribution is 7.91. The Hall–Kier alpha value is -1.99. The fourth-order valence-corrected chi connectivity index (χ4v) is 4.13. The van der Waals surface area contributed by atoms with E-state index in [-0.39, 0.29) is 16.6 Å². The van der Waals surface area contributed by atoms with Crippen LogP contribution in [-0.2, 0) is 14.8 Å². The molecule has 20 heavy (non-hydrogen) atoms. The second-order valence-corrected chi connectivity index (χ2v) is 6.56. The molecule has 0 radical (unpaired) electrons. The Balaban J connectivity index is 2.20. The fraction of sp³-hybridized carbons (Fsp3) is 0.0769. The lowest BCUT2D eigenvalue weighted by atomic mass is 10.1. The fourth-order valence-electron chi connectivity index (χ4n) is 2.16. The van der Waals surface area contributed by atoms with Crippen LogP contribution in [0, 0.1) is 0 Å². The molecule has 1 fully saturated rings. The van der Waals surface area contributed by atoms with Gasteiger partial charge < -0.3 is 5.32 Å². The molecule has 1 aliphatic heterocycles. The van der Waals surface area contributed by atoms with Gasteiger partial charge in [-0.2, -0.15) is 0 Å². The monoisotopic (exact) mass is 306 g/mol. The minimum atomic E-state index is -3.84. The first-order valence-electron chi connectivity index (χ1n) is 5.84. The molecule has 3 rings (SSSR count). The van der Waals surface area contributed by atoms with Gasteiger partial charge >= 0.3 is 0 Å². The molecule has 1 saturated heterocycles. The van der Waals surface area contributed by atoms with Gasteiger partial charge in [0.25, 0.3) is 10.0 Å². The summed E-state index contributed by atoms with van der Waals surface area (Å²) in [6.07, 6.45) is 0. The first kappa shape index (κ1) is 13.0. The molecule has 1 N–H and O–H groups in total. The van der Waals surface area contributed by atoms with Crippen LogP contribution < -0.4 is 5.32 Å². The molecule has 0 spiro atoms. The number of benzene rings is 2. The maximum atomic E-state index is 12.7. The van der Waals surface area contributed by atoms with E-state index in [2.05, 4.69) is 5.32 Å². The second-order valence-electron chi connectivity index (χ2n) is 4.34. The minimum absolute atomic E-state index is 0.0806. The standard InChI is InChI=1S/C13H10N2O3S2/c16-12-8-15(13(19)14-12)20(17,18)11-7-3-5-9-4-1-2-6-10(9)11/h1-7H,8H2,(H,14,16,19). The van der Waals surface area contributed by atoms with E-state index in [0.717, 1.165) is 9.69 Å². The predicted octanol–water partition coefficient (Wildman–Crippen LogP) is 1.25. The summed E-state index contributed by atoms with van der Waals surface area (Å²) in [7, 11) is -3.84. The van der Waals surface area contributed by atoms with E-state index in [1.807, 2.05) is 18.2 Å². The zero-order valence-corrected chi connectivity index (χ0v) is 11.9. The van der Waals surface area contributed by atoms with E-state index in [1.54, 1.807) is 18.2 Å². The molecule has 2 aromatic rings. The lowest BCUT2D eigenvalue weighted by Crippen LogP contribution is -2.34. The Labute approximate surface area is 121 Å². The zero-order valence-electron chi connectivity index (χ0n) is 10.2. The van der Waals surface area contributed by atoms with Gasteiger partial charge in [0, 0.05) is 5.39 Å². The van der Waals surface area contributed by atoms with Crippen LogP contribution in [0.5, 0.6) is 0 Å². The average Bonchev–Trinajstić information content (AvgIpc) is 2.78. The highest BCUT2D eigenvalue weighted by atomic mass is 32.2. The van der Waals surface area contributed by atoms with Crippen molar-refractivity contribution in [2.45, 2.75) is 4.90 Å². The third kappa shape index (κ3) is 1.95. The maximum Gasteiger partial charge on any atom is 0.267 e. The first-order chi connectivity index (χ1) is 9.50. The molecule has 0 aromatic heterocycles. The molecule has 0 saturated carbocycles. The number of carbonyl (C=O) groups is 1. The molecule has 1 amide bonds. The second kappa shape index (κ2) is 4.53. The van der Waals surface area contributed by atoms with Crippen LogP contribution in [0.15, 0.2) is 47.4 Å². The molecule has 1 aliphatic rings. The third-order valence-corrected chi connectivity index (χ3v) is 5.32. The number of hydrogen-bond donors (Lipinski definition) is 1. The zero-order chi connectivity index (χ0) is 14.3. The molecule has 0 bridgehead atoms. The summed E-state index contributed by atoms with van der Waals surface area (Å²) in [5.74, 6) is -0.418. The van der Waals surface area contributed by atoms with Crippen molar-refractivity contribution in [2.75, 3.05) is 6.54 Å². The summed E-state index contributed by atoms with van der Waals surface area (Å²) < 4.78 is 26.2.